The summed E-state index contributed by atoms with van der Waals surface area (Å²) in [5, 5.41) is 19.9. The Bertz CT molecular complexity index is 2470. The van der Waals surface area contributed by atoms with Gasteiger partial charge in [-0.05, 0) is 36.8 Å². The fourth-order valence-corrected chi connectivity index (χ4v) is 8.79. The molecule has 2 aromatic heterocycles. The Morgan fingerprint density at radius 3 is 1.76 bits per heavy atom. The van der Waals surface area contributed by atoms with Gasteiger partial charge >= 0.3 is 0 Å². The molecule has 0 saturated heterocycles. The molecule has 3 heterocycles. The normalized spacial score (nSPS) is 20.3. The predicted molar refractivity (Wildman–Crippen MR) is 183 cm³/mol. The zero-order valence-electron chi connectivity index (χ0n) is 25.3. The summed E-state index contributed by atoms with van der Waals surface area (Å²) < 4.78 is 6.66. The number of ether oxygens (including phenoxy) is 1. The Morgan fingerprint density at radius 2 is 1.24 bits per heavy atom. The lowest BCUT2D eigenvalue weighted by Gasteiger charge is -2.38. The van der Waals surface area contributed by atoms with Crippen LogP contribution in [0.5, 0.6) is 5.88 Å². The first-order chi connectivity index (χ1) is 23.9. The van der Waals surface area contributed by atoms with E-state index in [9.17, 15) is 20.1 Å². The topological polar surface area (TPSA) is 150 Å². The first kappa shape index (κ1) is 30.0. The molecule has 1 spiro atoms. The highest BCUT2D eigenvalue weighted by molar-refractivity contribution is 7.25. The van der Waals surface area contributed by atoms with E-state index in [0.717, 1.165) is 24.1 Å². The SMILES string of the molecule is [C-]#[N+]C(C#N)=C1C(=Nc2nc3c(s2)-c2sc(N=C4C(=O)c5ccccc5/C4=C(/C#N)[N+]#[C-])nc2C2(CCCCC2)O3)C(=O)c2ccccc21. The molecular weight excluding hydrogens is 657 g/mol. The Balaban J connectivity index is 1.28. The van der Waals surface area contributed by atoms with E-state index in [0.29, 0.717) is 51.5 Å². The van der Waals surface area contributed by atoms with E-state index >= 15 is 0 Å². The van der Waals surface area contributed by atoms with Crippen molar-refractivity contribution < 1.29 is 14.3 Å². The van der Waals surface area contributed by atoms with Gasteiger partial charge < -0.3 is 4.74 Å². The van der Waals surface area contributed by atoms with Crippen molar-refractivity contribution in [3.05, 3.63) is 111 Å². The van der Waals surface area contributed by atoms with Gasteiger partial charge in [0.25, 0.3) is 11.4 Å². The second-order valence-corrected chi connectivity index (χ2v) is 13.5. The van der Waals surface area contributed by atoms with Crippen LogP contribution in [-0.4, -0.2) is 33.0 Å². The second-order valence-electron chi connectivity index (χ2n) is 11.5. The zero-order chi connectivity index (χ0) is 33.9. The van der Waals surface area contributed by atoms with Crippen molar-refractivity contribution in [3.8, 4) is 27.8 Å². The monoisotopic (exact) mass is 674 g/mol. The number of hydrogen-bond donors (Lipinski definition) is 0. The molecule has 3 aliphatic carbocycles. The number of aliphatic imine (C=N–C) groups is 2. The summed E-state index contributed by atoms with van der Waals surface area (Å²) in [5.41, 5.74) is 1.42. The fraction of sp³-hybridized carbons (Fsp3) is 0.167. The summed E-state index contributed by atoms with van der Waals surface area (Å²) in [6.45, 7) is 15.2. The van der Waals surface area contributed by atoms with Crippen LogP contribution in [-0.2, 0) is 5.60 Å². The molecule has 0 N–H and O–H groups in total. The largest absolute Gasteiger partial charge is 0.463 e. The van der Waals surface area contributed by atoms with Gasteiger partial charge in [-0.15, -0.1) is 0 Å². The summed E-state index contributed by atoms with van der Waals surface area (Å²) in [4.78, 5) is 54.1. The molecule has 0 bridgehead atoms. The van der Waals surface area contributed by atoms with Gasteiger partial charge in [-0.3, -0.25) is 9.59 Å². The van der Waals surface area contributed by atoms with Crippen LogP contribution in [0, 0.1) is 35.8 Å². The average Bonchev–Trinajstić information content (AvgIpc) is 3.87. The van der Waals surface area contributed by atoms with Gasteiger partial charge in [0.05, 0.1) is 30.2 Å². The first-order valence-electron chi connectivity index (χ1n) is 15.1. The van der Waals surface area contributed by atoms with Crippen molar-refractivity contribution in [2.75, 3.05) is 0 Å². The van der Waals surface area contributed by atoms with Crippen LogP contribution < -0.4 is 4.74 Å². The van der Waals surface area contributed by atoms with E-state index in [2.05, 4.69) is 14.7 Å². The summed E-state index contributed by atoms with van der Waals surface area (Å²) in [5.74, 6) is -0.457. The minimum absolute atomic E-state index is 0.0122. The molecule has 0 unspecified atom stereocenters. The van der Waals surface area contributed by atoms with Gasteiger partial charge in [0.1, 0.15) is 22.0 Å². The first-order valence-corrected chi connectivity index (χ1v) is 16.8. The number of nitrogens with zero attached hydrogens (tertiary/aromatic N) is 8. The molecule has 0 atom stereocenters. The van der Waals surface area contributed by atoms with E-state index in [-0.39, 0.29) is 44.2 Å². The van der Waals surface area contributed by atoms with E-state index in [1.807, 2.05) is 12.1 Å². The number of aromatic nitrogens is 2. The number of rotatable bonds is 2. The molecule has 0 radical (unpaired) electrons. The van der Waals surface area contributed by atoms with Crippen LogP contribution in [0.3, 0.4) is 0 Å². The minimum atomic E-state index is -0.786. The number of allylic oxidation sites excluding steroid dienone is 4. The van der Waals surface area contributed by atoms with Gasteiger partial charge in [-0.1, -0.05) is 77.6 Å². The molecule has 8 rings (SSSR count). The summed E-state index contributed by atoms with van der Waals surface area (Å²) in [7, 11) is 0. The summed E-state index contributed by atoms with van der Waals surface area (Å²) in [6, 6.07) is 17.4. The van der Waals surface area contributed by atoms with Crippen molar-refractivity contribution in [1.29, 1.82) is 10.5 Å². The van der Waals surface area contributed by atoms with Crippen LogP contribution in [0.4, 0.5) is 10.3 Å². The lowest BCUT2D eigenvalue weighted by Crippen LogP contribution is -2.38. The number of carbonyl (C=O) groups is 2. The van der Waals surface area contributed by atoms with Crippen LogP contribution in [0.25, 0.3) is 30.6 Å². The third kappa shape index (κ3) is 4.49. The average molecular weight is 675 g/mol. The Hall–Kier alpha value is -6.38. The van der Waals surface area contributed by atoms with Crippen molar-refractivity contribution in [1.82, 2.24) is 9.97 Å². The highest BCUT2D eigenvalue weighted by Crippen LogP contribution is 2.57. The van der Waals surface area contributed by atoms with E-state index in [1.165, 1.54) is 22.7 Å². The van der Waals surface area contributed by atoms with E-state index < -0.39 is 17.2 Å². The van der Waals surface area contributed by atoms with Gasteiger partial charge in [0.2, 0.25) is 27.7 Å². The molecule has 4 aliphatic rings. The highest BCUT2D eigenvalue weighted by Gasteiger charge is 2.47. The minimum Gasteiger partial charge on any atom is -0.463 e. The van der Waals surface area contributed by atoms with Crippen LogP contribution >= 0.6 is 22.7 Å². The lowest BCUT2D eigenvalue weighted by atomic mass is 9.81. The third-order valence-corrected chi connectivity index (χ3v) is 10.9. The molecule has 2 aromatic carbocycles. The van der Waals surface area contributed by atoms with E-state index in [1.54, 1.807) is 48.5 Å². The summed E-state index contributed by atoms with van der Waals surface area (Å²) in [6.07, 6.45) is 4.21. The highest BCUT2D eigenvalue weighted by atomic mass is 32.1. The number of carbonyl (C=O) groups excluding carboxylic acids is 2. The standard InChI is InChI=1S/C36H18N8O3S2/c1-39-22(16-37)24-18-10-4-6-12-20(18)28(45)26(24)41-34-43-32-30(48-34)31-33(47-36(32)14-8-3-9-15-36)44-35(49-31)42-27-25(23(17-38)40-2)19-11-5-7-13-21(19)29(27)46/h4-7,10-13H,3,8-9,14-15H2/b24-22+,25-23?,41-26?,42-27?. The number of thiazole rings is 2. The number of nitriles is 2. The molecule has 0 amide bonds. The molecule has 1 saturated carbocycles. The molecule has 11 nitrogen and oxygen atoms in total. The Labute approximate surface area is 287 Å². The Morgan fingerprint density at radius 1 is 0.755 bits per heavy atom. The maximum atomic E-state index is 13.6. The zero-order valence-corrected chi connectivity index (χ0v) is 26.9. The maximum Gasteiger partial charge on any atom is 0.271 e. The number of Topliss-reactive ketones (excluding diaryl/α,β-unsaturated/α-hetero) is 2. The van der Waals surface area contributed by atoms with Crippen molar-refractivity contribution in [2.45, 2.75) is 37.7 Å². The quantitative estimate of drug-likeness (QED) is 0.154. The van der Waals surface area contributed by atoms with Crippen molar-refractivity contribution in [2.24, 2.45) is 9.98 Å². The number of hydrogen-bond acceptors (Lipinski definition) is 11. The van der Waals surface area contributed by atoms with Crippen LogP contribution in [0.1, 0.15) is 69.6 Å². The third-order valence-electron chi connectivity index (χ3n) is 8.90. The molecule has 1 aliphatic heterocycles. The smallest absolute Gasteiger partial charge is 0.271 e. The van der Waals surface area contributed by atoms with Gasteiger partial charge in [-0.2, -0.15) is 4.98 Å². The van der Waals surface area contributed by atoms with Gasteiger partial charge in [0, 0.05) is 22.3 Å². The van der Waals surface area contributed by atoms with Crippen molar-refractivity contribution >= 4 is 67.1 Å². The molecular formula is C36H18N8O3S2. The number of ketones is 2. The van der Waals surface area contributed by atoms with Crippen LogP contribution in [0.2, 0.25) is 0 Å². The molecule has 1 fully saturated rings. The van der Waals surface area contributed by atoms with Gasteiger partial charge in [-0.25, -0.2) is 35.2 Å². The Kier molecular flexibility index (Phi) is 6.97. The van der Waals surface area contributed by atoms with Gasteiger partial charge in [0.15, 0.2) is 5.60 Å². The summed E-state index contributed by atoms with van der Waals surface area (Å²) >= 11 is 2.44. The van der Waals surface area contributed by atoms with Crippen LogP contribution in [0.15, 0.2) is 69.9 Å². The number of fused-ring (bicyclic) bond motifs is 6. The fourth-order valence-electron chi connectivity index (χ4n) is 6.76. The second kappa shape index (κ2) is 11.4. The molecule has 13 heteroatoms. The van der Waals surface area contributed by atoms with E-state index in [4.69, 9.17) is 32.8 Å². The number of benzene rings is 2. The predicted octanol–water partition coefficient (Wildman–Crippen LogP) is 8.06. The molecule has 232 valence electrons. The lowest BCUT2D eigenvalue weighted by molar-refractivity contribution is 0.0170. The molecule has 4 aromatic rings. The maximum absolute atomic E-state index is 13.6. The van der Waals surface area contributed by atoms with Crippen molar-refractivity contribution in [3.63, 3.8) is 0 Å². The molecule has 49 heavy (non-hydrogen) atoms.